The number of nitroso groups, excluding NO2 is 1. The second-order valence-corrected chi connectivity index (χ2v) is 5.75. The van der Waals surface area contributed by atoms with Gasteiger partial charge >= 0.3 is 0 Å². The number of rotatable bonds is 4. The van der Waals surface area contributed by atoms with E-state index in [-0.39, 0.29) is 10.6 Å². The molecule has 0 aliphatic rings. The molecule has 0 aliphatic heterocycles. The second kappa shape index (κ2) is 5.19. The monoisotopic (exact) mass is 276 g/mol. The van der Waals surface area contributed by atoms with Crippen molar-refractivity contribution in [3.05, 3.63) is 65.1 Å². The van der Waals surface area contributed by atoms with Crippen LogP contribution in [0.3, 0.4) is 0 Å². The molecule has 0 bridgehead atoms. The number of benzene rings is 2. The topological polar surface area (TPSA) is 66.8 Å². The predicted molar refractivity (Wildman–Crippen MR) is 73.1 cm³/mol. The Hall–Kier alpha value is -2.21. The maximum absolute atomic E-state index is 12.3. The van der Waals surface area contributed by atoms with E-state index in [1.165, 1.54) is 24.3 Å². The summed E-state index contributed by atoms with van der Waals surface area (Å²) < 4.78 is 25.1. The molecule has 2 aromatic rings. The van der Waals surface area contributed by atoms with Crippen LogP contribution in [-0.4, -0.2) is 8.42 Å². The number of sulfonamides is 1. The smallest absolute Gasteiger partial charge is 0.199 e. The molecule has 0 atom stereocenters. The third-order valence-electron chi connectivity index (χ3n) is 2.60. The van der Waals surface area contributed by atoms with Crippen molar-refractivity contribution in [3.8, 4) is 0 Å². The van der Waals surface area contributed by atoms with Gasteiger partial charge in [-0.25, -0.2) is 0 Å². The number of hydrogen-bond acceptors (Lipinski definition) is 4. The Balaban J connectivity index is 2.48. The van der Waals surface area contributed by atoms with Crippen molar-refractivity contribution in [1.82, 2.24) is 0 Å². The fraction of sp³-hybridized carbons (Fsp3) is 0.0769. The standard InChI is InChI=1S/C13H12N2O3S/c1-11-7-9-13(10-8-11)19(17,18)15(14-16)12-5-3-2-4-6-12/h2-10H,1H3. The molecule has 19 heavy (non-hydrogen) atoms. The average Bonchev–Trinajstić information content (AvgIpc) is 2.41. The summed E-state index contributed by atoms with van der Waals surface area (Å²) >= 11 is 0. The van der Waals surface area contributed by atoms with Crippen molar-refractivity contribution in [2.45, 2.75) is 11.8 Å². The third-order valence-corrected chi connectivity index (χ3v) is 4.20. The normalized spacial score (nSPS) is 11.0. The van der Waals surface area contributed by atoms with Gasteiger partial charge in [0.1, 0.15) is 0 Å². The Morgan fingerprint density at radius 2 is 1.53 bits per heavy atom. The lowest BCUT2D eigenvalue weighted by Crippen LogP contribution is -2.25. The number of nitrogens with zero attached hydrogens (tertiary/aromatic N) is 2. The van der Waals surface area contributed by atoms with Crippen LogP contribution in [0, 0.1) is 11.8 Å². The minimum atomic E-state index is -3.97. The molecule has 2 aromatic carbocycles. The first-order chi connectivity index (χ1) is 9.05. The molecule has 0 spiro atoms. The molecule has 0 fully saturated rings. The zero-order chi connectivity index (χ0) is 13.9. The molecule has 0 saturated carbocycles. The molecule has 0 aromatic heterocycles. The van der Waals surface area contributed by atoms with E-state index in [0.717, 1.165) is 5.56 Å². The average molecular weight is 276 g/mol. The summed E-state index contributed by atoms with van der Waals surface area (Å²) in [7, 11) is -3.97. The second-order valence-electron chi connectivity index (χ2n) is 3.98. The van der Waals surface area contributed by atoms with Gasteiger partial charge in [0.25, 0.3) is 10.0 Å². The van der Waals surface area contributed by atoms with Gasteiger partial charge in [0.15, 0.2) is 0 Å². The van der Waals surface area contributed by atoms with Crippen LogP contribution < -0.4 is 4.41 Å². The highest BCUT2D eigenvalue weighted by molar-refractivity contribution is 7.92. The van der Waals surface area contributed by atoms with Crippen molar-refractivity contribution < 1.29 is 8.42 Å². The maximum Gasteiger partial charge on any atom is 0.286 e. The lowest BCUT2D eigenvalue weighted by Gasteiger charge is -2.15. The zero-order valence-electron chi connectivity index (χ0n) is 10.2. The Labute approximate surface area is 111 Å². The number of hydrogen-bond donors (Lipinski definition) is 0. The largest absolute Gasteiger partial charge is 0.286 e. The minimum Gasteiger partial charge on any atom is -0.199 e. The first kappa shape index (κ1) is 13.2. The molecule has 0 unspecified atom stereocenters. The van der Waals surface area contributed by atoms with Crippen LogP contribution in [-0.2, 0) is 10.0 Å². The molecule has 0 heterocycles. The Morgan fingerprint density at radius 1 is 0.947 bits per heavy atom. The summed E-state index contributed by atoms with van der Waals surface area (Å²) in [5.41, 5.74) is 1.14. The molecule has 0 amide bonds. The van der Waals surface area contributed by atoms with Gasteiger partial charge in [-0.3, -0.25) is 0 Å². The van der Waals surface area contributed by atoms with Crippen LogP contribution in [0.15, 0.2) is 64.8 Å². The summed E-state index contributed by atoms with van der Waals surface area (Å²) in [6, 6.07) is 14.3. The quantitative estimate of drug-likeness (QED) is 0.637. The molecule has 0 radical (unpaired) electrons. The summed E-state index contributed by atoms with van der Waals surface area (Å²) in [5.74, 6) is 0. The molecule has 98 valence electrons. The lowest BCUT2D eigenvalue weighted by molar-refractivity contribution is 0.592. The number of aryl methyl sites for hydroxylation is 1. The van der Waals surface area contributed by atoms with E-state index in [1.807, 2.05) is 6.92 Å². The molecule has 2 rings (SSSR count). The van der Waals surface area contributed by atoms with E-state index < -0.39 is 10.0 Å². The number of anilines is 1. The first-order valence-corrected chi connectivity index (χ1v) is 7.00. The highest BCUT2D eigenvalue weighted by Crippen LogP contribution is 2.23. The third kappa shape index (κ3) is 2.63. The van der Waals surface area contributed by atoms with Crippen LogP contribution in [0.1, 0.15) is 5.56 Å². The molecule has 0 N–H and O–H groups in total. The summed E-state index contributed by atoms with van der Waals surface area (Å²) in [5, 5.41) is 2.62. The van der Waals surface area contributed by atoms with Crippen LogP contribution in [0.2, 0.25) is 0 Å². The van der Waals surface area contributed by atoms with Crippen molar-refractivity contribution in [2.75, 3.05) is 4.41 Å². The Kier molecular flexibility index (Phi) is 3.62. The zero-order valence-corrected chi connectivity index (χ0v) is 11.0. The molecular weight excluding hydrogens is 264 g/mol. The van der Waals surface area contributed by atoms with Crippen molar-refractivity contribution in [1.29, 1.82) is 0 Å². The molecular formula is C13H12N2O3S. The Bertz CT molecular complexity index is 667. The fourth-order valence-electron chi connectivity index (χ4n) is 1.60. The van der Waals surface area contributed by atoms with Gasteiger partial charge in [0, 0.05) is 0 Å². The first-order valence-electron chi connectivity index (χ1n) is 5.56. The summed E-state index contributed by atoms with van der Waals surface area (Å²) in [6.07, 6.45) is 0. The van der Waals surface area contributed by atoms with Gasteiger partial charge < -0.3 is 0 Å². The summed E-state index contributed by atoms with van der Waals surface area (Å²) in [6.45, 7) is 1.85. The van der Waals surface area contributed by atoms with E-state index in [9.17, 15) is 13.3 Å². The van der Waals surface area contributed by atoms with E-state index >= 15 is 0 Å². The van der Waals surface area contributed by atoms with Crippen molar-refractivity contribution in [3.63, 3.8) is 0 Å². The van der Waals surface area contributed by atoms with Crippen LogP contribution >= 0.6 is 0 Å². The van der Waals surface area contributed by atoms with E-state index in [4.69, 9.17) is 0 Å². The highest BCUT2D eigenvalue weighted by Gasteiger charge is 2.25. The van der Waals surface area contributed by atoms with Gasteiger partial charge in [-0.15, -0.1) is 9.32 Å². The molecule has 0 aliphatic carbocycles. The lowest BCUT2D eigenvalue weighted by atomic mass is 10.2. The molecule has 5 nitrogen and oxygen atoms in total. The molecule has 0 saturated heterocycles. The van der Waals surface area contributed by atoms with Crippen LogP contribution in [0.25, 0.3) is 0 Å². The minimum absolute atomic E-state index is 0.0292. The van der Waals surface area contributed by atoms with Gasteiger partial charge in [-0.1, -0.05) is 35.9 Å². The SMILES string of the molecule is Cc1ccc(S(=O)(=O)N(N=O)c2ccccc2)cc1. The molecule has 6 heteroatoms. The Morgan fingerprint density at radius 3 is 2.05 bits per heavy atom. The van der Waals surface area contributed by atoms with E-state index in [1.54, 1.807) is 30.3 Å². The van der Waals surface area contributed by atoms with Crippen molar-refractivity contribution >= 4 is 15.7 Å². The van der Waals surface area contributed by atoms with Crippen molar-refractivity contribution in [2.24, 2.45) is 5.29 Å². The number of para-hydroxylation sites is 1. The highest BCUT2D eigenvalue weighted by atomic mass is 32.2. The summed E-state index contributed by atoms with van der Waals surface area (Å²) in [4.78, 5) is 10.9. The van der Waals surface area contributed by atoms with Crippen LogP contribution in [0.5, 0.6) is 0 Å². The van der Waals surface area contributed by atoms with Gasteiger partial charge in [-0.05, 0) is 31.2 Å². The maximum atomic E-state index is 12.3. The fourth-order valence-corrected chi connectivity index (χ4v) is 2.76. The van der Waals surface area contributed by atoms with E-state index in [2.05, 4.69) is 5.29 Å². The predicted octanol–water partition coefficient (Wildman–Crippen LogP) is 2.87. The van der Waals surface area contributed by atoms with Gasteiger partial charge in [-0.2, -0.15) is 8.42 Å². The van der Waals surface area contributed by atoms with E-state index in [0.29, 0.717) is 4.41 Å². The van der Waals surface area contributed by atoms with Gasteiger partial charge in [0.2, 0.25) is 0 Å². The van der Waals surface area contributed by atoms with Gasteiger partial charge in [0.05, 0.1) is 15.9 Å². The van der Waals surface area contributed by atoms with Crippen LogP contribution in [0.4, 0.5) is 5.69 Å².